The second-order valence-electron chi connectivity index (χ2n) is 4.15. The van der Waals surface area contributed by atoms with Crippen molar-refractivity contribution in [3.63, 3.8) is 0 Å². The zero-order valence-electron chi connectivity index (χ0n) is 9.58. The van der Waals surface area contributed by atoms with Crippen LogP contribution < -0.4 is 5.32 Å². The Labute approximate surface area is 87.2 Å². The molecule has 0 aromatic heterocycles. The molecule has 1 heterocycles. The molecule has 0 radical (unpaired) electrons. The number of ether oxygens (including phenoxy) is 2. The predicted molar refractivity (Wildman–Crippen MR) is 57.5 cm³/mol. The molecular formula is C11H23NO2. The van der Waals surface area contributed by atoms with Crippen LogP contribution in [0.25, 0.3) is 0 Å². The van der Waals surface area contributed by atoms with Crippen LogP contribution in [0.2, 0.25) is 0 Å². The monoisotopic (exact) mass is 201 g/mol. The molecule has 3 unspecified atom stereocenters. The SMILES string of the molecule is CCC1CC(NC(C)COC)CCO1. The molecule has 1 rings (SSSR count). The highest BCUT2D eigenvalue weighted by Gasteiger charge is 2.21. The number of nitrogens with one attached hydrogen (secondary N) is 1. The number of hydrogen-bond acceptors (Lipinski definition) is 3. The zero-order chi connectivity index (χ0) is 10.4. The van der Waals surface area contributed by atoms with E-state index in [1.54, 1.807) is 7.11 Å². The molecule has 3 heteroatoms. The van der Waals surface area contributed by atoms with Crippen LogP contribution in [-0.4, -0.2) is 38.5 Å². The second kappa shape index (κ2) is 6.38. The van der Waals surface area contributed by atoms with E-state index in [9.17, 15) is 0 Å². The van der Waals surface area contributed by atoms with Crippen LogP contribution in [-0.2, 0) is 9.47 Å². The molecule has 1 N–H and O–H groups in total. The third-order valence-corrected chi connectivity index (χ3v) is 2.76. The van der Waals surface area contributed by atoms with Crippen molar-refractivity contribution in [2.45, 2.75) is 51.3 Å². The van der Waals surface area contributed by atoms with Gasteiger partial charge in [-0.2, -0.15) is 0 Å². The smallest absolute Gasteiger partial charge is 0.0613 e. The van der Waals surface area contributed by atoms with Crippen LogP contribution in [0.15, 0.2) is 0 Å². The Bertz CT molecular complexity index is 152. The summed E-state index contributed by atoms with van der Waals surface area (Å²) < 4.78 is 10.7. The van der Waals surface area contributed by atoms with Gasteiger partial charge in [0.25, 0.3) is 0 Å². The van der Waals surface area contributed by atoms with Crippen LogP contribution in [0.1, 0.15) is 33.1 Å². The van der Waals surface area contributed by atoms with Gasteiger partial charge in [0.05, 0.1) is 12.7 Å². The predicted octanol–water partition coefficient (Wildman–Crippen LogP) is 1.57. The van der Waals surface area contributed by atoms with E-state index in [0.717, 1.165) is 32.5 Å². The van der Waals surface area contributed by atoms with Crippen LogP contribution in [0.4, 0.5) is 0 Å². The van der Waals surface area contributed by atoms with E-state index in [1.807, 2.05) is 0 Å². The van der Waals surface area contributed by atoms with Crippen molar-refractivity contribution in [2.24, 2.45) is 0 Å². The standard InChI is InChI=1S/C11H23NO2/c1-4-11-7-10(5-6-14-11)12-9(2)8-13-3/h9-12H,4-8H2,1-3H3. The Morgan fingerprint density at radius 1 is 1.57 bits per heavy atom. The highest BCUT2D eigenvalue weighted by atomic mass is 16.5. The summed E-state index contributed by atoms with van der Waals surface area (Å²) in [5.41, 5.74) is 0. The van der Waals surface area contributed by atoms with Gasteiger partial charge in [0.1, 0.15) is 0 Å². The number of rotatable bonds is 5. The molecule has 0 spiro atoms. The van der Waals surface area contributed by atoms with E-state index in [4.69, 9.17) is 9.47 Å². The Morgan fingerprint density at radius 2 is 2.36 bits per heavy atom. The lowest BCUT2D eigenvalue weighted by Gasteiger charge is -2.31. The van der Waals surface area contributed by atoms with Crippen molar-refractivity contribution in [3.05, 3.63) is 0 Å². The quantitative estimate of drug-likeness (QED) is 0.732. The Balaban J connectivity index is 2.22. The van der Waals surface area contributed by atoms with Gasteiger partial charge in [-0.1, -0.05) is 6.92 Å². The molecule has 0 amide bonds. The Morgan fingerprint density at radius 3 is 3.00 bits per heavy atom. The average molecular weight is 201 g/mol. The van der Waals surface area contributed by atoms with E-state index in [0.29, 0.717) is 18.2 Å². The van der Waals surface area contributed by atoms with Gasteiger partial charge in [0.15, 0.2) is 0 Å². The van der Waals surface area contributed by atoms with Crippen molar-refractivity contribution in [1.29, 1.82) is 0 Å². The molecule has 1 saturated heterocycles. The topological polar surface area (TPSA) is 30.5 Å². The molecule has 0 aromatic rings. The number of methoxy groups -OCH3 is 1. The third-order valence-electron chi connectivity index (χ3n) is 2.76. The Kier molecular flexibility index (Phi) is 5.45. The van der Waals surface area contributed by atoms with Gasteiger partial charge in [-0.3, -0.25) is 0 Å². The lowest BCUT2D eigenvalue weighted by atomic mass is 10.0. The first-order chi connectivity index (χ1) is 6.76. The maximum atomic E-state index is 5.63. The molecule has 3 atom stereocenters. The van der Waals surface area contributed by atoms with Crippen LogP contribution in [0.5, 0.6) is 0 Å². The molecule has 84 valence electrons. The second-order valence-corrected chi connectivity index (χ2v) is 4.15. The van der Waals surface area contributed by atoms with E-state index in [-0.39, 0.29) is 0 Å². The van der Waals surface area contributed by atoms with E-state index >= 15 is 0 Å². The van der Waals surface area contributed by atoms with Gasteiger partial charge >= 0.3 is 0 Å². The number of hydrogen-bond donors (Lipinski definition) is 1. The molecule has 0 aromatic carbocycles. The summed E-state index contributed by atoms with van der Waals surface area (Å²) in [7, 11) is 1.75. The molecule has 14 heavy (non-hydrogen) atoms. The molecule has 0 bridgehead atoms. The summed E-state index contributed by atoms with van der Waals surface area (Å²) in [6, 6.07) is 1.06. The summed E-state index contributed by atoms with van der Waals surface area (Å²) in [4.78, 5) is 0. The molecule has 1 aliphatic rings. The highest BCUT2D eigenvalue weighted by molar-refractivity contribution is 4.78. The van der Waals surface area contributed by atoms with Gasteiger partial charge < -0.3 is 14.8 Å². The van der Waals surface area contributed by atoms with Crippen molar-refractivity contribution >= 4 is 0 Å². The first-order valence-corrected chi connectivity index (χ1v) is 5.62. The van der Waals surface area contributed by atoms with E-state index < -0.39 is 0 Å². The molecule has 0 aliphatic carbocycles. The van der Waals surface area contributed by atoms with Crippen molar-refractivity contribution in [1.82, 2.24) is 5.32 Å². The summed E-state index contributed by atoms with van der Waals surface area (Å²) in [5, 5.41) is 3.58. The lowest BCUT2D eigenvalue weighted by Crippen LogP contribution is -2.44. The third kappa shape index (κ3) is 3.95. The van der Waals surface area contributed by atoms with E-state index in [2.05, 4.69) is 19.2 Å². The van der Waals surface area contributed by atoms with Gasteiger partial charge in [0.2, 0.25) is 0 Å². The molecule has 1 aliphatic heterocycles. The van der Waals surface area contributed by atoms with Gasteiger partial charge in [-0.05, 0) is 26.2 Å². The summed E-state index contributed by atoms with van der Waals surface area (Å²) in [5.74, 6) is 0. The van der Waals surface area contributed by atoms with Gasteiger partial charge in [0, 0.05) is 25.8 Å². The van der Waals surface area contributed by atoms with Crippen molar-refractivity contribution < 1.29 is 9.47 Å². The fourth-order valence-corrected chi connectivity index (χ4v) is 2.02. The summed E-state index contributed by atoms with van der Waals surface area (Å²) in [6.45, 7) is 6.04. The normalized spacial score (nSPS) is 30.2. The van der Waals surface area contributed by atoms with Crippen LogP contribution in [0, 0.1) is 0 Å². The average Bonchev–Trinajstić information content (AvgIpc) is 2.18. The minimum Gasteiger partial charge on any atom is -0.383 e. The summed E-state index contributed by atoms with van der Waals surface area (Å²) >= 11 is 0. The molecule has 1 fully saturated rings. The first-order valence-electron chi connectivity index (χ1n) is 5.62. The molecule has 0 saturated carbocycles. The van der Waals surface area contributed by atoms with Crippen LogP contribution in [0.3, 0.4) is 0 Å². The molecular weight excluding hydrogens is 178 g/mol. The highest BCUT2D eigenvalue weighted by Crippen LogP contribution is 2.16. The van der Waals surface area contributed by atoms with Crippen molar-refractivity contribution in [3.8, 4) is 0 Å². The maximum absolute atomic E-state index is 5.63. The van der Waals surface area contributed by atoms with Crippen LogP contribution >= 0.6 is 0 Å². The lowest BCUT2D eigenvalue weighted by molar-refractivity contribution is -0.00336. The summed E-state index contributed by atoms with van der Waals surface area (Å²) in [6.07, 6.45) is 3.85. The Hall–Kier alpha value is -0.120. The van der Waals surface area contributed by atoms with Gasteiger partial charge in [-0.25, -0.2) is 0 Å². The maximum Gasteiger partial charge on any atom is 0.0613 e. The zero-order valence-corrected chi connectivity index (χ0v) is 9.58. The minimum atomic E-state index is 0.445. The fourth-order valence-electron chi connectivity index (χ4n) is 2.02. The largest absolute Gasteiger partial charge is 0.383 e. The van der Waals surface area contributed by atoms with E-state index in [1.165, 1.54) is 0 Å². The fraction of sp³-hybridized carbons (Fsp3) is 1.00. The minimum absolute atomic E-state index is 0.445. The molecule has 3 nitrogen and oxygen atoms in total. The van der Waals surface area contributed by atoms with Crippen molar-refractivity contribution in [2.75, 3.05) is 20.3 Å². The first kappa shape index (κ1) is 12.0. The van der Waals surface area contributed by atoms with Gasteiger partial charge in [-0.15, -0.1) is 0 Å².